The smallest absolute Gasteiger partial charge is 0.231 e. The normalized spacial score (nSPS) is 17.4. The van der Waals surface area contributed by atoms with Gasteiger partial charge in [-0.05, 0) is 48.9 Å². The van der Waals surface area contributed by atoms with Crippen LogP contribution in [0.3, 0.4) is 0 Å². The number of rotatable bonds is 4. The molecule has 1 fully saturated rings. The summed E-state index contributed by atoms with van der Waals surface area (Å²) >= 11 is 1.67. The number of nitrogens with one attached hydrogen (secondary N) is 1. The molecule has 0 unspecified atom stereocenters. The first-order chi connectivity index (χ1) is 9.62. The molecule has 1 heterocycles. The molecule has 104 valence electrons. The Hall–Kier alpha value is -1.81. The van der Waals surface area contributed by atoms with Crippen LogP contribution in [0.4, 0.5) is 5.69 Å². The van der Waals surface area contributed by atoms with Gasteiger partial charge in [0, 0.05) is 10.6 Å². The van der Waals surface area contributed by atoms with Crippen LogP contribution in [0.25, 0.3) is 0 Å². The van der Waals surface area contributed by atoms with E-state index in [1.54, 1.807) is 11.3 Å². The second-order valence-corrected chi connectivity index (χ2v) is 6.39. The van der Waals surface area contributed by atoms with E-state index in [1.165, 1.54) is 4.88 Å². The van der Waals surface area contributed by atoms with Crippen LogP contribution < -0.4 is 11.1 Å². The third-order valence-electron chi connectivity index (χ3n) is 3.97. The molecule has 1 saturated carbocycles. The Morgan fingerprint density at radius 1 is 1.30 bits per heavy atom. The maximum atomic E-state index is 12.6. The topological polar surface area (TPSA) is 55.1 Å². The van der Waals surface area contributed by atoms with Gasteiger partial charge >= 0.3 is 0 Å². The summed E-state index contributed by atoms with van der Waals surface area (Å²) in [4.78, 5) is 13.8. The Morgan fingerprint density at radius 2 is 2.00 bits per heavy atom. The summed E-state index contributed by atoms with van der Waals surface area (Å²) in [5.74, 6) is 0.128. The van der Waals surface area contributed by atoms with Crippen LogP contribution >= 0.6 is 11.3 Å². The molecule has 20 heavy (non-hydrogen) atoms. The monoisotopic (exact) mass is 286 g/mol. The molecule has 1 aromatic carbocycles. The number of hydrogen-bond acceptors (Lipinski definition) is 3. The minimum absolute atomic E-state index is 0.0637. The highest BCUT2D eigenvalue weighted by Gasteiger charge is 2.51. The van der Waals surface area contributed by atoms with Crippen LogP contribution in [0, 0.1) is 0 Å². The largest absolute Gasteiger partial charge is 0.399 e. The lowest BCUT2D eigenvalue weighted by Gasteiger charge is -2.19. The number of carbonyl (C=O) groups is 1. The van der Waals surface area contributed by atoms with E-state index >= 15 is 0 Å². The van der Waals surface area contributed by atoms with Crippen molar-refractivity contribution in [2.24, 2.45) is 0 Å². The van der Waals surface area contributed by atoms with Crippen molar-refractivity contribution in [3.8, 4) is 0 Å². The van der Waals surface area contributed by atoms with Crippen molar-refractivity contribution < 1.29 is 4.79 Å². The van der Waals surface area contributed by atoms with Gasteiger partial charge in [0.1, 0.15) is 0 Å². The maximum Gasteiger partial charge on any atom is 0.231 e. The lowest BCUT2D eigenvalue weighted by atomic mass is 9.94. The number of benzene rings is 1. The molecule has 0 spiro atoms. The summed E-state index contributed by atoms with van der Waals surface area (Å²) < 4.78 is 0. The van der Waals surface area contributed by atoms with Crippen molar-refractivity contribution in [3.05, 3.63) is 52.2 Å². The van der Waals surface area contributed by atoms with E-state index in [9.17, 15) is 4.79 Å². The quantitative estimate of drug-likeness (QED) is 0.848. The van der Waals surface area contributed by atoms with Gasteiger partial charge in [-0.25, -0.2) is 0 Å². The number of thiophene rings is 1. The standard InChI is InChI=1S/C16H18N2OS/c1-11(14-3-2-10-20-14)18-15(19)16(8-9-16)12-4-6-13(17)7-5-12/h2-7,10-11H,8-9,17H2,1H3,(H,18,19)/t11-/m1/s1. The molecule has 0 bridgehead atoms. The van der Waals surface area contributed by atoms with E-state index in [0.29, 0.717) is 0 Å². The van der Waals surface area contributed by atoms with Gasteiger partial charge in [-0.15, -0.1) is 11.3 Å². The molecule has 1 aliphatic carbocycles. The van der Waals surface area contributed by atoms with Gasteiger partial charge in [0.05, 0.1) is 11.5 Å². The summed E-state index contributed by atoms with van der Waals surface area (Å²) in [5, 5.41) is 5.17. The maximum absolute atomic E-state index is 12.6. The molecule has 0 aliphatic heterocycles. The van der Waals surface area contributed by atoms with Crippen LogP contribution in [0.2, 0.25) is 0 Å². The van der Waals surface area contributed by atoms with Crippen LogP contribution in [0.15, 0.2) is 41.8 Å². The lowest BCUT2D eigenvalue weighted by molar-refractivity contribution is -0.124. The fourth-order valence-electron chi connectivity index (χ4n) is 2.52. The molecular formula is C16H18N2OS. The van der Waals surface area contributed by atoms with Gasteiger partial charge in [-0.2, -0.15) is 0 Å². The number of amides is 1. The highest BCUT2D eigenvalue weighted by atomic mass is 32.1. The average Bonchev–Trinajstić information content (AvgIpc) is 3.06. The summed E-state index contributed by atoms with van der Waals surface area (Å²) in [5.41, 5.74) is 7.18. The zero-order valence-corrected chi connectivity index (χ0v) is 12.2. The molecule has 2 aromatic rings. The van der Waals surface area contributed by atoms with Crippen LogP contribution in [-0.4, -0.2) is 5.91 Å². The molecule has 3 nitrogen and oxygen atoms in total. The van der Waals surface area contributed by atoms with Crippen molar-refractivity contribution >= 4 is 22.9 Å². The minimum Gasteiger partial charge on any atom is -0.399 e. The van der Waals surface area contributed by atoms with E-state index in [0.717, 1.165) is 24.1 Å². The first-order valence-corrected chi connectivity index (χ1v) is 7.70. The molecule has 1 aromatic heterocycles. The van der Waals surface area contributed by atoms with E-state index in [-0.39, 0.29) is 17.4 Å². The highest BCUT2D eigenvalue weighted by molar-refractivity contribution is 7.10. The fraction of sp³-hybridized carbons (Fsp3) is 0.312. The van der Waals surface area contributed by atoms with Crippen molar-refractivity contribution in [1.29, 1.82) is 0 Å². The van der Waals surface area contributed by atoms with E-state index < -0.39 is 0 Å². The zero-order valence-electron chi connectivity index (χ0n) is 11.4. The Kier molecular flexibility index (Phi) is 3.26. The van der Waals surface area contributed by atoms with E-state index in [1.807, 2.05) is 42.6 Å². The first-order valence-electron chi connectivity index (χ1n) is 6.82. The average molecular weight is 286 g/mol. The first kappa shape index (κ1) is 13.2. The molecule has 1 aliphatic rings. The Bertz CT molecular complexity index is 600. The van der Waals surface area contributed by atoms with Crippen molar-refractivity contribution in [2.75, 3.05) is 5.73 Å². The van der Waals surface area contributed by atoms with E-state index in [4.69, 9.17) is 5.73 Å². The summed E-state index contributed by atoms with van der Waals surface area (Å²) in [7, 11) is 0. The van der Waals surface area contributed by atoms with E-state index in [2.05, 4.69) is 11.4 Å². The van der Waals surface area contributed by atoms with Crippen molar-refractivity contribution in [2.45, 2.75) is 31.2 Å². The van der Waals surface area contributed by atoms with Crippen LogP contribution in [-0.2, 0) is 10.2 Å². The van der Waals surface area contributed by atoms with Crippen molar-refractivity contribution in [3.63, 3.8) is 0 Å². The molecule has 3 rings (SSSR count). The molecule has 1 atom stereocenters. The fourth-order valence-corrected chi connectivity index (χ4v) is 3.25. The molecular weight excluding hydrogens is 268 g/mol. The Morgan fingerprint density at radius 3 is 2.55 bits per heavy atom. The Balaban J connectivity index is 1.75. The van der Waals surface area contributed by atoms with Gasteiger partial charge < -0.3 is 11.1 Å². The van der Waals surface area contributed by atoms with Crippen LogP contribution in [0.1, 0.15) is 36.2 Å². The molecule has 0 saturated heterocycles. The second kappa shape index (κ2) is 4.94. The predicted molar refractivity (Wildman–Crippen MR) is 82.6 cm³/mol. The Labute approximate surface area is 122 Å². The van der Waals surface area contributed by atoms with Gasteiger partial charge in [0.2, 0.25) is 5.91 Å². The number of nitrogen functional groups attached to an aromatic ring is 1. The van der Waals surface area contributed by atoms with Gasteiger partial charge in [-0.3, -0.25) is 4.79 Å². The molecule has 3 N–H and O–H groups in total. The molecule has 1 amide bonds. The number of carbonyl (C=O) groups excluding carboxylic acids is 1. The number of anilines is 1. The summed E-state index contributed by atoms with van der Waals surface area (Å²) in [6.07, 6.45) is 1.83. The SMILES string of the molecule is C[C@@H](NC(=O)C1(c2ccc(N)cc2)CC1)c1cccs1. The van der Waals surface area contributed by atoms with Crippen LogP contribution in [0.5, 0.6) is 0 Å². The van der Waals surface area contributed by atoms with Crippen molar-refractivity contribution in [1.82, 2.24) is 5.32 Å². The van der Waals surface area contributed by atoms with Gasteiger partial charge in [0.15, 0.2) is 0 Å². The summed E-state index contributed by atoms with van der Waals surface area (Å²) in [6, 6.07) is 11.8. The third-order valence-corrected chi connectivity index (χ3v) is 5.02. The highest BCUT2D eigenvalue weighted by Crippen LogP contribution is 2.48. The molecule has 0 radical (unpaired) electrons. The third kappa shape index (κ3) is 2.31. The number of nitrogens with two attached hydrogens (primary N) is 1. The molecule has 4 heteroatoms. The predicted octanol–water partition coefficient (Wildman–Crippen LogP) is 3.24. The van der Waals surface area contributed by atoms with Gasteiger partial charge in [-0.1, -0.05) is 18.2 Å². The zero-order chi connectivity index (χ0) is 14.2. The number of hydrogen-bond donors (Lipinski definition) is 2. The minimum atomic E-state index is -0.334. The second-order valence-electron chi connectivity index (χ2n) is 5.41. The lowest BCUT2D eigenvalue weighted by Crippen LogP contribution is -2.36. The summed E-state index contributed by atoms with van der Waals surface area (Å²) in [6.45, 7) is 2.03. The van der Waals surface area contributed by atoms with Gasteiger partial charge in [0.25, 0.3) is 0 Å².